The van der Waals surface area contributed by atoms with Gasteiger partial charge < -0.3 is 5.32 Å². The number of aromatic nitrogens is 2. The molecule has 1 unspecified atom stereocenters. The normalized spacial score (nSPS) is 12.3. The van der Waals surface area contributed by atoms with E-state index >= 15 is 0 Å². The molecule has 0 saturated heterocycles. The fraction of sp³-hybridized carbons (Fsp3) is 0.333. The molecule has 1 aromatic carbocycles. The van der Waals surface area contributed by atoms with Crippen LogP contribution in [-0.4, -0.2) is 16.5 Å². The lowest BCUT2D eigenvalue weighted by Gasteiger charge is -2.17. The summed E-state index contributed by atoms with van der Waals surface area (Å²) in [5.41, 5.74) is 2.38. The molecule has 0 fully saturated rings. The lowest BCUT2D eigenvalue weighted by atomic mass is 10.0. The Morgan fingerprint density at radius 1 is 1.11 bits per heavy atom. The van der Waals surface area contributed by atoms with Gasteiger partial charge in [-0.15, -0.1) is 0 Å². The Morgan fingerprint density at radius 3 is 2.39 bits per heavy atom. The Hall–Kier alpha value is -1.74. The summed E-state index contributed by atoms with van der Waals surface area (Å²) in [6, 6.07) is 10.7. The summed E-state index contributed by atoms with van der Waals surface area (Å²) in [7, 11) is 0. The molecule has 0 radical (unpaired) electrons. The molecule has 0 aliphatic rings. The van der Waals surface area contributed by atoms with Gasteiger partial charge in [0.1, 0.15) is 5.82 Å². The zero-order valence-electron chi connectivity index (χ0n) is 10.9. The molecule has 18 heavy (non-hydrogen) atoms. The lowest BCUT2D eigenvalue weighted by Crippen LogP contribution is -2.23. The number of rotatable bonds is 5. The first kappa shape index (κ1) is 12.7. The third-order valence-electron chi connectivity index (χ3n) is 2.87. The van der Waals surface area contributed by atoms with Crippen LogP contribution in [0.25, 0.3) is 0 Å². The van der Waals surface area contributed by atoms with E-state index in [0.29, 0.717) is 0 Å². The topological polar surface area (TPSA) is 37.8 Å². The van der Waals surface area contributed by atoms with Crippen LogP contribution in [0, 0.1) is 6.92 Å². The van der Waals surface area contributed by atoms with Gasteiger partial charge >= 0.3 is 0 Å². The molecule has 2 rings (SSSR count). The van der Waals surface area contributed by atoms with Gasteiger partial charge in [0.15, 0.2) is 0 Å². The minimum Gasteiger partial charge on any atom is -0.310 e. The SMILES string of the molecule is CCNC(Cc1ncc(C)cn1)c1ccccc1. The highest BCUT2D eigenvalue weighted by Gasteiger charge is 2.12. The predicted molar refractivity (Wildman–Crippen MR) is 73.3 cm³/mol. The third-order valence-corrected chi connectivity index (χ3v) is 2.87. The Labute approximate surface area is 108 Å². The van der Waals surface area contributed by atoms with Crippen molar-refractivity contribution in [2.45, 2.75) is 26.3 Å². The summed E-state index contributed by atoms with van der Waals surface area (Å²) >= 11 is 0. The van der Waals surface area contributed by atoms with Gasteiger partial charge in [0.25, 0.3) is 0 Å². The monoisotopic (exact) mass is 241 g/mol. The number of hydrogen-bond donors (Lipinski definition) is 1. The molecule has 0 amide bonds. The van der Waals surface area contributed by atoms with Crippen molar-refractivity contribution < 1.29 is 0 Å². The minimum atomic E-state index is 0.277. The number of aryl methyl sites for hydroxylation is 1. The molecule has 3 heteroatoms. The molecule has 2 aromatic rings. The Kier molecular flexibility index (Phi) is 4.42. The second kappa shape index (κ2) is 6.26. The van der Waals surface area contributed by atoms with Crippen molar-refractivity contribution in [3.8, 4) is 0 Å². The summed E-state index contributed by atoms with van der Waals surface area (Å²) in [6.45, 7) is 5.06. The maximum Gasteiger partial charge on any atom is 0.130 e. The molecule has 0 spiro atoms. The second-order valence-corrected chi connectivity index (χ2v) is 4.40. The highest BCUT2D eigenvalue weighted by Crippen LogP contribution is 2.16. The zero-order valence-corrected chi connectivity index (χ0v) is 10.9. The van der Waals surface area contributed by atoms with Crippen molar-refractivity contribution in [2.24, 2.45) is 0 Å². The van der Waals surface area contributed by atoms with E-state index in [1.165, 1.54) is 5.56 Å². The average molecular weight is 241 g/mol. The molecular formula is C15H19N3. The number of hydrogen-bond acceptors (Lipinski definition) is 3. The summed E-state index contributed by atoms with van der Waals surface area (Å²) in [4.78, 5) is 8.75. The Morgan fingerprint density at radius 2 is 1.78 bits per heavy atom. The van der Waals surface area contributed by atoms with Crippen LogP contribution in [0.3, 0.4) is 0 Å². The van der Waals surface area contributed by atoms with Crippen molar-refractivity contribution in [3.05, 3.63) is 59.7 Å². The predicted octanol–water partition coefficient (Wildman–Crippen LogP) is 2.68. The Balaban J connectivity index is 2.14. The molecule has 1 N–H and O–H groups in total. The van der Waals surface area contributed by atoms with Gasteiger partial charge in [-0.2, -0.15) is 0 Å². The molecule has 1 atom stereocenters. The number of likely N-dealkylation sites (N-methyl/N-ethyl adjacent to an activating group) is 1. The number of nitrogens with one attached hydrogen (secondary N) is 1. The van der Waals surface area contributed by atoms with Crippen molar-refractivity contribution in [3.63, 3.8) is 0 Å². The zero-order chi connectivity index (χ0) is 12.8. The highest BCUT2D eigenvalue weighted by atomic mass is 14.9. The van der Waals surface area contributed by atoms with Crippen LogP contribution in [0.15, 0.2) is 42.7 Å². The quantitative estimate of drug-likeness (QED) is 0.874. The molecular weight excluding hydrogens is 222 g/mol. The molecule has 1 aromatic heterocycles. The summed E-state index contributed by atoms with van der Waals surface area (Å²) in [5, 5.41) is 3.48. The van der Waals surface area contributed by atoms with Crippen LogP contribution in [0.4, 0.5) is 0 Å². The largest absolute Gasteiger partial charge is 0.310 e. The summed E-state index contributed by atoms with van der Waals surface area (Å²) in [6.07, 6.45) is 4.56. The van der Waals surface area contributed by atoms with E-state index in [4.69, 9.17) is 0 Å². The van der Waals surface area contributed by atoms with Gasteiger partial charge in [0.2, 0.25) is 0 Å². The molecule has 3 nitrogen and oxygen atoms in total. The maximum absolute atomic E-state index is 4.37. The first-order valence-corrected chi connectivity index (χ1v) is 6.35. The Bertz CT molecular complexity index is 465. The van der Waals surface area contributed by atoms with Gasteiger partial charge in [-0.1, -0.05) is 37.3 Å². The molecule has 0 aliphatic heterocycles. The van der Waals surface area contributed by atoms with Crippen LogP contribution in [0.1, 0.15) is 29.9 Å². The van der Waals surface area contributed by atoms with E-state index in [9.17, 15) is 0 Å². The van der Waals surface area contributed by atoms with Crippen LogP contribution in [0.5, 0.6) is 0 Å². The average Bonchev–Trinajstić information content (AvgIpc) is 2.42. The molecule has 1 heterocycles. The molecule has 0 saturated carbocycles. The first-order valence-electron chi connectivity index (χ1n) is 6.35. The lowest BCUT2D eigenvalue weighted by molar-refractivity contribution is 0.536. The third kappa shape index (κ3) is 3.37. The molecule has 0 bridgehead atoms. The van der Waals surface area contributed by atoms with E-state index in [1.54, 1.807) is 0 Å². The van der Waals surface area contributed by atoms with Gasteiger partial charge in [-0.3, -0.25) is 0 Å². The fourth-order valence-corrected chi connectivity index (χ4v) is 1.95. The van der Waals surface area contributed by atoms with Crippen molar-refractivity contribution in [1.82, 2.24) is 15.3 Å². The van der Waals surface area contributed by atoms with Crippen molar-refractivity contribution in [2.75, 3.05) is 6.54 Å². The standard InChI is InChI=1S/C15H19N3/c1-3-16-14(13-7-5-4-6-8-13)9-15-17-10-12(2)11-18-15/h4-8,10-11,14,16H,3,9H2,1-2H3. The van der Waals surface area contributed by atoms with Crippen LogP contribution >= 0.6 is 0 Å². The summed E-state index contributed by atoms with van der Waals surface area (Å²) < 4.78 is 0. The maximum atomic E-state index is 4.37. The van der Waals surface area contributed by atoms with Crippen molar-refractivity contribution >= 4 is 0 Å². The van der Waals surface area contributed by atoms with Crippen LogP contribution in [0.2, 0.25) is 0 Å². The first-order chi connectivity index (χ1) is 8.79. The van der Waals surface area contributed by atoms with Gasteiger partial charge in [-0.25, -0.2) is 9.97 Å². The van der Waals surface area contributed by atoms with Crippen LogP contribution in [-0.2, 0) is 6.42 Å². The number of benzene rings is 1. The number of nitrogens with zero attached hydrogens (tertiary/aromatic N) is 2. The molecule has 0 aliphatic carbocycles. The van der Waals surface area contributed by atoms with E-state index in [2.05, 4.69) is 46.5 Å². The smallest absolute Gasteiger partial charge is 0.130 e. The van der Waals surface area contributed by atoms with Gasteiger partial charge in [-0.05, 0) is 24.6 Å². The van der Waals surface area contributed by atoms with E-state index < -0.39 is 0 Å². The van der Waals surface area contributed by atoms with Gasteiger partial charge in [0.05, 0.1) is 0 Å². The highest BCUT2D eigenvalue weighted by molar-refractivity contribution is 5.20. The van der Waals surface area contributed by atoms with E-state index in [0.717, 1.165) is 24.4 Å². The molecule has 94 valence electrons. The van der Waals surface area contributed by atoms with E-state index in [1.807, 2.05) is 25.4 Å². The van der Waals surface area contributed by atoms with Crippen molar-refractivity contribution in [1.29, 1.82) is 0 Å². The summed E-state index contributed by atoms with van der Waals surface area (Å²) in [5.74, 6) is 0.885. The minimum absolute atomic E-state index is 0.277. The van der Waals surface area contributed by atoms with Crippen LogP contribution < -0.4 is 5.32 Å². The van der Waals surface area contributed by atoms with Gasteiger partial charge in [0, 0.05) is 24.9 Å². The fourth-order valence-electron chi connectivity index (χ4n) is 1.95. The second-order valence-electron chi connectivity index (χ2n) is 4.40. The van der Waals surface area contributed by atoms with E-state index in [-0.39, 0.29) is 6.04 Å².